The highest BCUT2D eigenvalue weighted by Crippen LogP contribution is 2.41. The van der Waals surface area contributed by atoms with Gasteiger partial charge in [0.2, 0.25) is 0 Å². The van der Waals surface area contributed by atoms with Gasteiger partial charge < -0.3 is 9.47 Å². The summed E-state index contributed by atoms with van der Waals surface area (Å²) in [7, 11) is 3.12. The molecule has 0 aromatic heterocycles. The van der Waals surface area contributed by atoms with Gasteiger partial charge in [-0.3, -0.25) is 0 Å². The number of methoxy groups -OCH3 is 2. The van der Waals surface area contributed by atoms with E-state index in [2.05, 4.69) is 6.07 Å². The molecule has 92 valence electrons. The van der Waals surface area contributed by atoms with Crippen LogP contribution >= 0.6 is 11.6 Å². The molecular weight excluding hydrogens is 238 g/mol. The molecule has 4 heteroatoms. The Bertz CT molecular complexity index is 450. The maximum Gasteiger partial charge on any atom is 0.166 e. The van der Waals surface area contributed by atoms with Gasteiger partial charge in [0.1, 0.15) is 0 Å². The molecule has 0 aliphatic heterocycles. The molecule has 1 aromatic carbocycles. The van der Waals surface area contributed by atoms with E-state index in [1.165, 1.54) is 0 Å². The summed E-state index contributed by atoms with van der Waals surface area (Å²) in [5.74, 6) is 1.43. The second kappa shape index (κ2) is 5.79. The monoisotopic (exact) mass is 253 g/mol. The van der Waals surface area contributed by atoms with Crippen molar-refractivity contribution in [1.82, 2.24) is 0 Å². The van der Waals surface area contributed by atoms with E-state index in [0.29, 0.717) is 22.1 Å². The van der Waals surface area contributed by atoms with Gasteiger partial charge in [0, 0.05) is 5.56 Å². The highest BCUT2D eigenvalue weighted by atomic mass is 35.5. The molecule has 0 N–H and O–H groups in total. The van der Waals surface area contributed by atoms with Crippen LogP contribution in [0.5, 0.6) is 11.5 Å². The van der Waals surface area contributed by atoms with Crippen LogP contribution in [0.15, 0.2) is 6.07 Å². The van der Waals surface area contributed by atoms with Gasteiger partial charge in [0.25, 0.3) is 0 Å². The smallest absolute Gasteiger partial charge is 0.166 e. The third kappa shape index (κ3) is 2.65. The van der Waals surface area contributed by atoms with Gasteiger partial charge in [-0.05, 0) is 17.5 Å². The Hall–Kier alpha value is -1.40. The van der Waals surface area contributed by atoms with Crippen molar-refractivity contribution in [2.75, 3.05) is 14.2 Å². The van der Waals surface area contributed by atoms with Crippen molar-refractivity contribution in [3.05, 3.63) is 22.2 Å². The molecule has 0 spiro atoms. The zero-order chi connectivity index (χ0) is 13.0. The first-order valence-electron chi connectivity index (χ1n) is 5.37. The maximum absolute atomic E-state index is 8.85. The molecule has 0 aliphatic rings. The lowest BCUT2D eigenvalue weighted by atomic mass is 9.98. The van der Waals surface area contributed by atoms with Crippen LogP contribution in [0.25, 0.3) is 0 Å². The highest BCUT2D eigenvalue weighted by Gasteiger charge is 2.19. The number of nitriles is 1. The number of nitrogens with zero attached hydrogens (tertiary/aromatic N) is 1. The molecule has 0 aliphatic carbocycles. The average molecular weight is 254 g/mol. The van der Waals surface area contributed by atoms with Gasteiger partial charge in [0.15, 0.2) is 11.5 Å². The number of rotatable bonds is 4. The summed E-state index contributed by atoms with van der Waals surface area (Å²) in [5, 5.41) is 9.45. The van der Waals surface area contributed by atoms with E-state index in [-0.39, 0.29) is 12.3 Å². The molecule has 0 saturated heterocycles. The third-order valence-electron chi connectivity index (χ3n) is 2.60. The Morgan fingerprint density at radius 2 is 2.00 bits per heavy atom. The van der Waals surface area contributed by atoms with Crippen molar-refractivity contribution in [3.63, 3.8) is 0 Å². The SMILES string of the molecule is COc1cc(C(C)C)c(Cl)c(CC#N)c1OC. The summed E-state index contributed by atoms with van der Waals surface area (Å²) >= 11 is 6.31. The van der Waals surface area contributed by atoms with E-state index in [0.717, 1.165) is 5.56 Å². The molecular formula is C13H16ClNO2. The predicted octanol–water partition coefficient (Wildman–Crippen LogP) is 3.55. The topological polar surface area (TPSA) is 42.2 Å². The normalized spacial score (nSPS) is 10.2. The van der Waals surface area contributed by atoms with Gasteiger partial charge in [-0.25, -0.2) is 0 Å². The Morgan fingerprint density at radius 1 is 1.35 bits per heavy atom. The first kappa shape index (κ1) is 13.7. The molecule has 1 rings (SSSR count). The van der Waals surface area contributed by atoms with Gasteiger partial charge in [-0.15, -0.1) is 0 Å². The van der Waals surface area contributed by atoms with E-state index in [4.69, 9.17) is 26.3 Å². The van der Waals surface area contributed by atoms with E-state index >= 15 is 0 Å². The van der Waals surface area contributed by atoms with Crippen LogP contribution in [0.2, 0.25) is 5.02 Å². The van der Waals surface area contributed by atoms with Crippen molar-refractivity contribution in [1.29, 1.82) is 5.26 Å². The zero-order valence-corrected chi connectivity index (χ0v) is 11.3. The van der Waals surface area contributed by atoms with Crippen LogP contribution in [-0.4, -0.2) is 14.2 Å². The van der Waals surface area contributed by atoms with E-state index in [1.807, 2.05) is 19.9 Å². The van der Waals surface area contributed by atoms with Crippen molar-refractivity contribution >= 4 is 11.6 Å². The van der Waals surface area contributed by atoms with Crippen molar-refractivity contribution in [3.8, 4) is 17.6 Å². The summed E-state index contributed by atoms with van der Waals surface area (Å²) in [6.45, 7) is 4.09. The lowest BCUT2D eigenvalue weighted by molar-refractivity contribution is 0.352. The Balaban J connectivity index is 3.51. The van der Waals surface area contributed by atoms with Crippen LogP contribution in [-0.2, 0) is 6.42 Å². The summed E-state index contributed by atoms with van der Waals surface area (Å²) in [4.78, 5) is 0. The van der Waals surface area contributed by atoms with Crippen molar-refractivity contribution in [2.45, 2.75) is 26.2 Å². The van der Waals surface area contributed by atoms with Gasteiger partial charge in [-0.1, -0.05) is 25.4 Å². The lowest BCUT2D eigenvalue weighted by Gasteiger charge is -2.17. The Labute approximate surface area is 107 Å². The summed E-state index contributed by atoms with van der Waals surface area (Å²) in [5.41, 5.74) is 1.66. The second-order valence-corrected chi connectivity index (χ2v) is 4.36. The second-order valence-electron chi connectivity index (χ2n) is 3.98. The van der Waals surface area contributed by atoms with Crippen molar-refractivity contribution in [2.24, 2.45) is 0 Å². The first-order chi connectivity index (χ1) is 8.06. The fourth-order valence-electron chi connectivity index (χ4n) is 1.73. The average Bonchev–Trinajstić information content (AvgIpc) is 2.31. The van der Waals surface area contributed by atoms with Crippen LogP contribution in [0.1, 0.15) is 30.9 Å². The minimum atomic E-state index is 0.207. The van der Waals surface area contributed by atoms with Crippen molar-refractivity contribution < 1.29 is 9.47 Å². The molecule has 0 radical (unpaired) electrons. The summed E-state index contributed by atoms with van der Waals surface area (Å²) < 4.78 is 10.6. The molecule has 0 heterocycles. The minimum Gasteiger partial charge on any atom is -0.493 e. The Morgan fingerprint density at radius 3 is 2.41 bits per heavy atom. The van der Waals surface area contributed by atoms with Crippen LogP contribution < -0.4 is 9.47 Å². The minimum absolute atomic E-state index is 0.207. The molecule has 0 bridgehead atoms. The number of hydrogen-bond donors (Lipinski definition) is 0. The molecule has 0 unspecified atom stereocenters. The zero-order valence-electron chi connectivity index (χ0n) is 10.5. The fourth-order valence-corrected chi connectivity index (χ4v) is 2.15. The van der Waals surface area contributed by atoms with Gasteiger partial charge >= 0.3 is 0 Å². The Kier molecular flexibility index (Phi) is 4.65. The first-order valence-corrected chi connectivity index (χ1v) is 5.74. The third-order valence-corrected chi connectivity index (χ3v) is 3.05. The van der Waals surface area contributed by atoms with Crippen LogP contribution in [0.4, 0.5) is 0 Å². The predicted molar refractivity (Wildman–Crippen MR) is 68.0 cm³/mol. The maximum atomic E-state index is 8.85. The lowest BCUT2D eigenvalue weighted by Crippen LogP contribution is -2.01. The fraction of sp³-hybridized carbons (Fsp3) is 0.462. The van der Waals surface area contributed by atoms with E-state index in [1.54, 1.807) is 14.2 Å². The standard InChI is InChI=1S/C13H16ClNO2/c1-8(2)10-7-11(16-3)13(17-4)9(5-6-15)12(10)14/h7-8H,5H2,1-4H3. The highest BCUT2D eigenvalue weighted by molar-refractivity contribution is 6.32. The van der Waals surface area contributed by atoms with E-state index < -0.39 is 0 Å². The molecule has 0 atom stereocenters. The summed E-state index contributed by atoms with van der Waals surface area (Å²) in [6.07, 6.45) is 0.207. The van der Waals surface area contributed by atoms with Crippen LogP contribution in [0, 0.1) is 11.3 Å². The quantitative estimate of drug-likeness (QED) is 0.824. The molecule has 17 heavy (non-hydrogen) atoms. The molecule has 0 amide bonds. The molecule has 1 aromatic rings. The number of ether oxygens (including phenoxy) is 2. The summed E-state index contributed by atoms with van der Waals surface area (Å²) in [6, 6.07) is 3.96. The number of hydrogen-bond acceptors (Lipinski definition) is 3. The van der Waals surface area contributed by atoms with Gasteiger partial charge in [-0.2, -0.15) is 5.26 Å². The largest absolute Gasteiger partial charge is 0.493 e. The number of benzene rings is 1. The molecule has 3 nitrogen and oxygen atoms in total. The molecule has 0 fully saturated rings. The number of halogens is 1. The van der Waals surface area contributed by atoms with Crippen LogP contribution in [0.3, 0.4) is 0 Å². The molecule has 0 saturated carbocycles. The van der Waals surface area contributed by atoms with Gasteiger partial charge in [0.05, 0.1) is 31.7 Å². The van der Waals surface area contributed by atoms with E-state index in [9.17, 15) is 0 Å².